The van der Waals surface area contributed by atoms with E-state index in [1.54, 1.807) is 0 Å². The van der Waals surface area contributed by atoms with Gasteiger partial charge in [-0.2, -0.15) is 0 Å². The standard InChI is InChI=1S/C11H22O2/c1-4-9(5-2)10-8-11(3,12)6-7-13-10/h9-10,12H,4-8H2,1-3H3. The minimum Gasteiger partial charge on any atom is -0.390 e. The van der Waals surface area contributed by atoms with E-state index in [-0.39, 0.29) is 6.10 Å². The fourth-order valence-electron chi connectivity index (χ4n) is 2.14. The highest BCUT2D eigenvalue weighted by atomic mass is 16.5. The highest BCUT2D eigenvalue weighted by Crippen LogP contribution is 2.30. The van der Waals surface area contributed by atoms with Crippen molar-refractivity contribution in [1.29, 1.82) is 0 Å². The Labute approximate surface area is 81.3 Å². The molecule has 1 rings (SSSR count). The van der Waals surface area contributed by atoms with E-state index in [0.29, 0.717) is 12.5 Å². The molecule has 0 aromatic carbocycles. The second-order valence-corrected chi connectivity index (χ2v) is 4.44. The molecular formula is C11H22O2. The number of aliphatic hydroxyl groups is 1. The van der Waals surface area contributed by atoms with Crippen LogP contribution in [0.3, 0.4) is 0 Å². The van der Waals surface area contributed by atoms with Gasteiger partial charge < -0.3 is 9.84 Å². The fourth-order valence-corrected chi connectivity index (χ4v) is 2.14. The summed E-state index contributed by atoms with van der Waals surface area (Å²) in [5.74, 6) is 0.617. The Balaban J connectivity index is 2.50. The lowest BCUT2D eigenvalue weighted by molar-refractivity contribution is -0.113. The zero-order valence-corrected chi connectivity index (χ0v) is 9.05. The van der Waals surface area contributed by atoms with Crippen LogP contribution in [0.5, 0.6) is 0 Å². The molecule has 1 aliphatic heterocycles. The van der Waals surface area contributed by atoms with E-state index in [4.69, 9.17) is 4.74 Å². The van der Waals surface area contributed by atoms with Crippen LogP contribution in [0.4, 0.5) is 0 Å². The van der Waals surface area contributed by atoms with Gasteiger partial charge in [-0.25, -0.2) is 0 Å². The average molecular weight is 186 g/mol. The van der Waals surface area contributed by atoms with Gasteiger partial charge in [-0.3, -0.25) is 0 Å². The zero-order chi connectivity index (χ0) is 9.90. The molecule has 0 spiro atoms. The van der Waals surface area contributed by atoms with E-state index in [1.165, 1.54) is 0 Å². The summed E-state index contributed by atoms with van der Waals surface area (Å²) < 4.78 is 5.70. The minimum absolute atomic E-state index is 0.277. The number of hydrogen-bond acceptors (Lipinski definition) is 2. The minimum atomic E-state index is -0.495. The molecule has 0 aromatic rings. The van der Waals surface area contributed by atoms with Crippen molar-refractivity contribution in [2.24, 2.45) is 5.92 Å². The first-order valence-electron chi connectivity index (χ1n) is 5.43. The second-order valence-electron chi connectivity index (χ2n) is 4.44. The molecule has 2 nitrogen and oxygen atoms in total. The molecule has 0 aromatic heterocycles. The smallest absolute Gasteiger partial charge is 0.0666 e. The monoisotopic (exact) mass is 186 g/mol. The van der Waals surface area contributed by atoms with Crippen molar-refractivity contribution in [3.05, 3.63) is 0 Å². The predicted molar refractivity (Wildman–Crippen MR) is 53.7 cm³/mol. The third-order valence-electron chi connectivity index (χ3n) is 3.19. The molecule has 0 aliphatic carbocycles. The molecule has 2 unspecified atom stereocenters. The van der Waals surface area contributed by atoms with Crippen molar-refractivity contribution in [1.82, 2.24) is 0 Å². The van der Waals surface area contributed by atoms with Crippen molar-refractivity contribution >= 4 is 0 Å². The molecule has 13 heavy (non-hydrogen) atoms. The van der Waals surface area contributed by atoms with Crippen LogP contribution in [-0.4, -0.2) is 23.4 Å². The molecule has 1 aliphatic rings. The van der Waals surface area contributed by atoms with Crippen molar-refractivity contribution in [3.63, 3.8) is 0 Å². The molecule has 1 fully saturated rings. The molecule has 0 radical (unpaired) electrons. The van der Waals surface area contributed by atoms with E-state index in [2.05, 4.69) is 13.8 Å². The van der Waals surface area contributed by atoms with E-state index >= 15 is 0 Å². The Morgan fingerprint density at radius 3 is 2.54 bits per heavy atom. The first-order valence-corrected chi connectivity index (χ1v) is 5.43. The molecule has 1 saturated heterocycles. The summed E-state index contributed by atoms with van der Waals surface area (Å²) in [6.45, 7) is 7.03. The summed E-state index contributed by atoms with van der Waals surface area (Å²) in [4.78, 5) is 0. The Morgan fingerprint density at radius 2 is 2.08 bits per heavy atom. The summed E-state index contributed by atoms with van der Waals surface area (Å²) >= 11 is 0. The van der Waals surface area contributed by atoms with Gasteiger partial charge in [0.1, 0.15) is 0 Å². The number of ether oxygens (including phenoxy) is 1. The quantitative estimate of drug-likeness (QED) is 0.733. The van der Waals surface area contributed by atoms with Crippen molar-refractivity contribution in [3.8, 4) is 0 Å². The topological polar surface area (TPSA) is 29.5 Å². The molecule has 78 valence electrons. The Bertz CT molecular complexity index is 150. The highest BCUT2D eigenvalue weighted by molar-refractivity contribution is 4.84. The summed E-state index contributed by atoms with van der Waals surface area (Å²) in [5, 5.41) is 9.90. The van der Waals surface area contributed by atoms with Crippen LogP contribution >= 0.6 is 0 Å². The van der Waals surface area contributed by atoms with Gasteiger partial charge in [-0.15, -0.1) is 0 Å². The van der Waals surface area contributed by atoms with Gasteiger partial charge in [0.05, 0.1) is 11.7 Å². The number of hydrogen-bond donors (Lipinski definition) is 1. The lowest BCUT2D eigenvalue weighted by Crippen LogP contribution is -2.41. The predicted octanol–water partition coefficient (Wildman–Crippen LogP) is 2.35. The first-order chi connectivity index (χ1) is 6.09. The zero-order valence-electron chi connectivity index (χ0n) is 9.05. The van der Waals surface area contributed by atoms with Crippen LogP contribution in [0.15, 0.2) is 0 Å². The molecule has 2 atom stereocenters. The summed E-state index contributed by atoms with van der Waals surface area (Å²) in [5.41, 5.74) is -0.495. The summed E-state index contributed by atoms with van der Waals surface area (Å²) in [6.07, 6.45) is 4.16. The molecule has 2 heteroatoms. The normalized spacial score (nSPS) is 35.3. The maximum atomic E-state index is 9.90. The lowest BCUT2D eigenvalue weighted by atomic mass is 9.84. The molecule has 1 heterocycles. The van der Waals surface area contributed by atoms with Gasteiger partial charge in [-0.1, -0.05) is 26.7 Å². The Hall–Kier alpha value is -0.0800. The van der Waals surface area contributed by atoms with Gasteiger partial charge >= 0.3 is 0 Å². The van der Waals surface area contributed by atoms with Crippen LogP contribution in [-0.2, 0) is 4.74 Å². The molecule has 0 saturated carbocycles. The highest BCUT2D eigenvalue weighted by Gasteiger charge is 2.33. The largest absolute Gasteiger partial charge is 0.390 e. The second kappa shape index (κ2) is 4.43. The van der Waals surface area contributed by atoms with E-state index in [0.717, 1.165) is 25.7 Å². The maximum absolute atomic E-state index is 9.90. The van der Waals surface area contributed by atoms with E-state index in [1.807, 2.05) is 6.92 Å². The molecule has 0 amide bonds. The average Bonchev–Trinajstić information content (AvgIpc) is 2.05. The van der Waals surface area contributed by atoms with Crippen molar-refractivity contribution in [2.75, 3.05) is 6.61 Å². The molecular weight excluding hydrogens is 164 g/mol. The van der Waals surface area contributed by atoms with E-state index < -0.39 is 5.60 Å². The van der Waals surface area contributed by atoms with Crippen LogP contribution in [0, 0.1) is 5.92 Å². The van der Waals surface area contributed by atoms with Gasteiger partial charge in [0, 0.05) is 13.0 Å². The fraction of sp³-hybridized carbons (Fsp3) is 1.00. The van der Waals surface area contributed by atoms with Crippen molar-refractivity contribution in [2.45, 2.75) is 58.2 Å². The molecule has 1 N–H and O–H groups in total. The van der Waals surface area contributed by atoms with Gasteiger partial charge in [0.2, 0.25) is 0 Å². The van der Waals surface area contributed by atoms with Crippen LogP contribution in [0.1, 0.15) is 46.5 Å². The van der Waals surface area contributed by atoms with E-state index in [9.17, 15) is 5.11 Å². The summed E-state index contributed by atoms with van der Waals surface area (Å²) in [7, 11) is 0. The van der Waals surface area contributed by atoms with Gasteiger partial charge in [0.25, 0.3) is 0 Å². The van der Waals surface area contributed by atoms with Crippen molar-refractivity contribution < 1.29 is 9.84 Å². The maximum Gasteiger partial charge on any atom is 0.0666 e. The van der Waals surface area contributed by atoms with Crippen LogP contribution < -0.4 is 0 Å². The SMILES string of the molecule is CCC(CC)C1CC(C)(O)CCO1. The Kier molecular flexibility index (Phi) is 3.74. The summed E-state index contributed by atoms with van der Waals surface area (Å²) in [6, 6.07) is 0. The first kappa shape index (κ1) is 11.0. The van der Waals surface area contributed by atoms with Crippen LogP contribution in [0.25, 0.3) is 0 Å². The lowest BCUT2D eigenvalue weighted by Gasteiger charge is -2.37. The third kappa shape index (κ3) is 2.96. The Morgan fingerprint density at radius 1 is 1.46 bits per heavy atom. The number of rotatable bonds is 3. The third-order valence-corrected chi connectivity index (χ3v) is 3.19. The molecule has 0 bridgehead atoms. The van der Waals surface area contributed by atoms with Crippen LogP contribution in [0.2, 0.25) is 0 Å². The van der Waals surface area contributed by atoms with Gasteiger partial charge in [-0.05, 0) is 19.3 Å². The van der Waals surface area contributed by atoms with Gasteiger partial charge in [0.15, 0.2) is 0 Å².